The van der Waals surface area contributed by atoms with Gasteiger partial charge in [0.05, 0.1) is 0 Å². The van der Waals surface area contributed by atoms with Gasteiger partial charge >= 0.3 is 12.3 Å². The Balaban J connectivity index is 0. The number of rotatable bonds is 10. The molecule has 212 valence electrons. The van der Waals surface area contributed by atoms with Gasteiger partial charge in [-0.05, 0) is 32.0 Å². The molecule has 2 atom stereocenters. The summed E-state index contributed by atoms with van der Waals surface area (Å²) in [5.41, 5.74) is 3.13. The number of aryl methyl sites for hydroxylation is 1. The molecule has 0 fully saturated rings. The molecule has 0 saturated heterocycles. The van der Waals surface area contributed by atoms with E-state index in [9.17, 15) is 22.8 Å². The van der Waals surface area contributed by atoms with Crippen molar-refractivity contribution in [2.75, 3.05) is 19.3 Å². The van der Waals surface area contributed by atoms with Crippen molar-refractivity contribution < 1.29 is 37.4 Å². The summed E-state index contributed by atoms with van der Waals surface area (Å²) in [4.78, 5) is 29.5. The average molecular weight is 551 g/mol. The van der Waals surface area contributed by atoms with Crippen LogP contribution in [0.1, 0.15) is 59.3 Å². The number of aldehydes is 1. The lowest BCUT2D eigenvalue weighted by Gasteiger charge is -2.22. The lowest BCUT2D eigenvalue weighted by Crippen LogP contribution is -2.39. The molecule has 0 spiro atoms. The number of thiophene rings is 1. The second kappa shape index (κ2) is 21.6. The van der Waals surface area contributed by atoms with Crippen molar-refractivity contribution in [1.82, 2.24) is 4.90 Å². The molecule has 1 aromatic rings. The van der Waals surface area contributed by atoms with Gasteiger partial charge in [0.15, 0.2) is 0 Å². The number of hydrogen-bond donors (Lipinski definition) is 2. The number of alkyl halides is 3. The predicted molar refractivity (Wildman–Crippen MR) is 143 cm³/mol. The maximum absolute atomic E-state index is 11.8. The van der Waals surface area contributed by atoms with Crippen LogP contribution in [-0.4, -0.2) is 54.5 Å². The molecule has 0 aromatic carbocycles. The highest BCUT2D eigenvalue weighted by atomic mass is 32.1. The lowest BCUT2D eigenvalue weighted by molar-refractivity contribution is -0.330. The number of halogens is 3. The van der Waals surface area contributed by atoms with E-state index in [4.69, 9.17) is 9.94 Å². The van der Waals surface area contributed by atoms with Gasteiger partial charge in [0, 0.05) is 10.5 Å². The summed E-state index contributed by atoms with van der Waals surface area (Å²) >= 11 is 1.63. The molecule has 1 aromatic heterocycles. The number of likely N-dealkylation sites (N-methyl/N-ethyl adjacent to an activating group) is 1. The Bertz CT molecular complexity index is 838. The van der Waals surface area contributed by atoms with E-state index in [0.29, 0.717) is 18.3 Å². The van der Waals surface area contributed by atoms with E-state index in [1.807, 2.05) is 32.9 Å². The molecule has 0 saturated carbocycles. The van der Waals surface area contributed by atoms with E-state index in [1.165, 1.54) is 35.6 Å². The second-order valence-electron chi connectivity index (χ2n) is 7.28. The van der Waals surface area contributed by atoms with E-state index >= 15 is 0 Å². The van der Waals surface area contributed by atoms with Crippen LogP contribution in [0.2, 0.25) is 0 Å². The quantitative estimate of drug-likeness (QED) is 0.184. The average Bonchev–Trinajstić information content (AvgIpc) is 3.19. The molecule has 1 aliphatic carbocycles. The maximum Gasteiger partial charge on any atom is 0.523 e. The number of anilines is 1. The lowest BCUT2D eigenvalue weighted by atomic mass is 10.2. The van der Waals surface area contributed by atoms with Crippen LogP contribution in [0, 0.1) is 0 Å². The molecule has 0 amide bonds. The fourth-order valence-corrected chi connectivity index (χ4v) is 3.31. The van der Waals surface area contributed by atoms with Crippen molar-refractivity contribution in [3.63, 3.8) is 0 Å². The third-order valence-electron chi connectivity index (χ3n) is 4.13. The third kappa shape index (κ3) is 18.4. The monoisotopic (exact) mass is 550 g/mol. The summed E-state index contributed by atoms with van der Waals surface area (Å²) < 4.78 is 39.1. The van der Waals surface area contributed by atoms with Gasteiger partial charge in [0.1, 0.15) is 30.2 Å². The van der Waals surface area contributed by atoms with Crippen LogP contribution in [0.4, 0.5) is 18.2 Å². The zero-order valence-electron chi connectivity index (χ0n) is 22.7. The Labute approximate surface area is 222 Å². The van der Waals surface area contributed by atoms with Crippen LogP contribution < -0.4 is 5.48 Å². The summed E-state index contributed by atoms with van der Waals surface area (Å²) in [5, 5.41) is 9.91. The summed E-state index contributed by atoms with van der Waals surface area (Å²) in [5.74, 6) is -0.826. The Hall–Kier alpha value is -2.47. The minimum atomic E-state index is -4.68. The summed E-state index contributed by atoms with van der Waals surface area (Å²) in [6.45, 7) is 12.4. The van der Waals surface area contributed by atoms with Crippen LogP contribution in [0.15, 0.2) is 48.1 Å². The van der Waals surface area contributed by atoms with Crippen molar-refractivity contribution in [2.45, 2.75) is 79.3 Å². The fraction of sp³-hybridized carbons (Fsp3) is 0.538. The molecule has 37 heavy (non-hydrogen) atoms. The van der Waals surface area contributed by atoms with Crippen molar-refractivity contribution in [1.29, 1.82) is 0 Å². The zero-order chi connectivity index (χ0) is 28.9. The number of carboxylic acid groups (broad SMARTS) is 1. The van der Waals surface area contributed by atoms with E-state index < -0.39 is 24.5 Å². The number of carbonyl (C=O) groups excluding carboxylic acids is 1. The van der Waals surface area contributed by atoms with E-state index in [-0.39, 0.29) is 6.73 Å². The van der Waals surface area contributed by atoms with Crippen LogP contribution >= 0.6 is 11.3 Å². The van der Waals surface area contributed by atoms with Gasteiger partial charge in [-0.2, -0.15) is 0 Å². The molecule has 1 aliphatic rings. The molecule has 0 aliphatic heterocycles. The number of ether oxygens (including phenoxy) is 1. The molecule has 2 rings (SSSR count). The van der Waals surface area contributed by atoms with Crippen molar-refractivity contribution in [3.05, 3.63) is 53.0 Å². The van der Waals surface area contributed by atoms with Gasteiger partial charge in [-0.25, -0.2) is 0 Å². The minimum Gasteiger partial charge on any atom is -0.480 e. The molecule has 0 bridgehead atoms. The first-order valence-electron chi connectivity index (χ1n) is 12.2. The van der Waals surface area contributed by atoms with Crippen LogP contribution in [-0.2, 0) is 25.6 Å². The first kappa shape index (κ1) is 36.7. The Morgan fingerprint density at radius 3 is 2.30 bits per heavy atom. The van der Waals surface area contributed by atoms with Gasteiger partial charge in [-0.3, -0.25) is 29.5 Å². The number of aliphatic carboxylic acids is 1. The minimum absolute atomic E-state index is 0.226. The standard InChI is InChI=1S/C12H20N2O3S.C9H7F3O2.C3H8.C2H6/c1-4-9-6-7-11(18-9)13-17-8-14(3)10(5-2)12(15)16;10-9(11,12)14-8-3-1-2-7(6-13)4-5-8;1-3-2;1-2/h6-7,10,13H,4-5,8H2,1-3H3,(H,15,16);1-6,8H;3H2,1-2H3;1-2H3. The third-order valence-corrected chi connectivity index (χ3v) is 5.25. The van der Waals surface area contributed by atoms with Crippen LogP contribution in [0.5, 0.6) is 0 Å². The molecular formula is C26H41F3N2O5S. The normalized spacial score (nSPS) is 15.0. The summed E-state index contributed by atoms with van der Waals surface area (Å²) in [6.07, 6.45) is 3.91. The Kier molecular flexibility index (Phi) is 21.4. The van der Waals surface area contributed by atoms with Crippen LogP contribution in [0.3, 0.4) is 0 Å². The molecule has 11 heteroatoms. The molecular weight excluding hydrogens is 509 g/mol. The Morgan fingerprint density at radius 2 is 1.84 bits per heavy atom. The Morgan fingerprint density at radius 1 is 1.22 bits per heavy atom. The van der Waals surface area contributed by atoms with Crippen molar-refractivity contribution in [3.8, 4) is 0 Å². The fourth-order valence-electron chi connectivity index (χ4n) is 2.51. The van der Waals surface area contributed by atoms with Crippen molar-refractivity contribution >= 4 is 28.6 Å². The number of carbonyl (C=O) groups is 2. The smallest absolute Gasteiger partial charge is 0.480 e. The first-order valence-corrected chi connectivity index (χ1v) is 13.0. The number of carboxylic acids is 1. The van der Waals surface area contributed by atoms with Gasteiger partial charge in [-0.15, -0.1) is 24.5 Å². The molecule has 2 N–H and O–H groups in total. The highest BCUT2D eigenvalue weighted by Gasteiger charge is 2.31. The van der Waals surface area contributed by atoms with Crippen molar-refractivity contribution in [2.24, 2.45) is 0 Å². The highest BCUT2D eigenvalue weighted by Crippen LogP contribution is 2.22. The van der Waals surface area contributed by atoms with Gasteiger partial charge in [0.2, 0.25) is 0 Å². The SMILES string of the molecule is CC.CCC.CCc1ccc(NOCN(C)C(CC)C(=O)O)s1.O=CC1=CC=CC(OC(F)(F)F)C=C1. The molecule has 2 unspecified atom stereocenters. The maximum atomic E-state index is 11.8. The predicted octanol–water partition coefficient (Wildman–Crippen LogP) is 6.99. The van der Waals surface area contributed by atoms with Gasteiger partial charge < -0.3 is 5.11 Å². The topological polar surface area (TPSA) is 88.1 Å². The summed E-state index contributed by atoms with van der Waals surface area (Å²) in [7, 11) is 1.73. The van der Waals surface area contributed by atoms with Gasteiger partial charge in [-0.1, -0.05) is 78.3 Å². The molecule has 7 nitrogen and oxygen atoms in total. The number of nitrogens with zero attached hydrogens (tertiary/aromatic N) is 1. The van der Waals surface area contributed by atoms with E-state index in [1.54, 1.807) is 23.3 Å². The molecule has 1 heterocycles. The summed E-state index contributed by atoms with van der Waals surface area (Å²) in [6, 6.07) is 3.49. The zero-order valence-corrected chi connectivity index (χ0v) is 23.5. The number of hydrogen-bond acceptors (Lipinski definition) is 7. The van der Waals surface area contributed by atoms with Gasteiger partial charge in [0.25, 0.3) is 0 Å². The van der Waals surface area contributed by atoms with E-state index in [0.717, 1.165) is 17.5 Å². The number of nitrogens with one attached hydrogen (secondary N) is 1. The van der Waals surface area contributed by atoms with Crippen LogP contribution in [0.25, 0.3) is 0 Å². The molecule has 0 radical (unpaired) electrons. The largest absolute Gasteiger partial charge is 0.523 e. The van der Waals surface area contributed by atoms with E-state index in [2.05, 4.69) is 31.0 Å². The second-order valence-corrected chi connectivity index (χ2v) is 8.45. The highest BCUT2D eigenvalue weighted by molar-refractivity contribution is 7.16. The first-order chi connectivity index (χ1) is 17.5. The number of allylic oxidation sites excluding steroid dienone is 4.